The number of phenols is 4. The normalized spacial score (nSPS) is 26.0. The zero-order valence-corrected chi connectivity index (χ0v) is 33.5. The summed E-state index contributed by atoms with van der Waals surface area (Å²) in [6.45, 7) is 6.80. The molecule has 0 bridgehead atoms. The number of carbonyl (C=O) groups excluding carboxylic acids is 6. The molecule has 10 atom stereocenters. The van der Waals surface area contributed by atoms with Gasteiger partial charge in [-0.1, -0.05) is 0 Å². The molecule has 61 heavy (non-hydrogen) atoms. The van der Waals surface area contributed by atoms with Crippen molar-refractivity contribution in [3.05, 3.63) is 40.6 Å². The highest BCUT2D eigenvalue weighted by atomic mass is 16.8. The van der Waals surface area contributed by atoms with Gasteiger partial charge in [-0.2, -0.15) is 0 Å². The Morgan fingerprint density at radius 1 is 0.590 bits per heavy atom. The summed E-state index contributed by atoms with van der Waals surface area (Å²) < 4.78 is 63.0. The summed E-state index contributed by atoms with van der Waals surface area (Å²) in [5.74, 6) is -9.29. The van der Waals surface area contributed by atoms with Gasteiger partial charge in [0.15, 0.2) is 54.1 Å². The molecule has 2 fully saturated rings. The van der Waals surface area contributed by atoms with Crippen LogP contribution in [0.3, 0.4) is 0 Å². The van der Waals surface area contributed by atoms with E-state index in [0.717, 1.165) is 65.8 Å². The fourth-order valence-corrected chi connectivity index (χ4v) is 6.72. The Balaban J connectivity index is 1.64. The van der Waals surface area contributed by atoms with Crippen LogP contribution in [-0.4, -0.2) is 124 Å². The predicted octanol–water partition coefficient (Wildman–Crippen LogP) is 1.74. The van der Waals surface area contributed by atoms with Crippen molar-refractivity contribution >= 4 is 46.8 Å². The largest absolute Gasteiger partial charge is 0.508 e. The number of hydrogen-bond donors (Lipinski definition) is 4. The van der Waals surface area contributed by atoms with Crippen LogP contribution in [0.25, 0.3) is 22.3 Å². The fraction of sp³-hybridized carbons (Fsp3) is 0.462. The number of benzene rings is 2. The average Bonchev–Trinajstić information content (AvgIpc) is 3.13. The number of ether oxygens (including phenoxy) is 10. The summed E-state index contributed by atoms with van der Waals surface area (Å²) in [5, 5.41) is 40.7. The molecule has 2 saturated heterocycles. The van der Waals surface area contributed by atoms with Crippen molar-refractivity contribution in [2.75, 3.05) is 6.61 Å². The first-order valence-corrected chi connectivity index (χ1v) is 18.3. The van der Waals surface area contributed by atoms with Gasteiger partial charge in [0.1, 0.15) is 28.6 Å². The average molecular weight is 863 g/mol. The predicted molar refractivity (Wildman–Crippen MR) is 197 cm³/mol. The Morgan fingerprint density at radius 3 is 1.66 bits per heavy atom. The monoisotopic (exact) mass is 862 g/mol. The van der Waals surface area contributed by atoms with Gasteiger partial charge in [0.2, 0.25) is 23.6 Å². The van der Waals surface area contributed by atoms with Gasteiger partial charge in [-0.15, -0.1) is 0 Å². The van der Waals surface area contributed by atoms with Crippen molar-refractivity contribution in [1.82, 2.24) is 0 Å². The van der Waals surface area contributed by atoms with E-state index in [-0.39, 0.29) is 11.1 Å². The van der Waals surface area contributed by atoms with E-state index in [1.165, 1.54) is 13.0 Å². The molecule has 2 aliphatic rings. The van der Waals surface area contributed by atoms with Crippen LogP contribution in [-0.2, 0) is 71.4 Å². The lowest BCUT2D eigenvalue weighted by Gasteiger charge is -2.46. The topological polar surface area (TPSA) is 306 Å². The van der Waals surface area contributed by atoms with Crippen LogP contribution >= 0.6 is 0 Å². The van der Waals surface area contributed by atoms with E-state index in [4.69, 9.17) is 51.8 Å². The second-order valence-corrected chi connectivity index (χ2v) is 13.8. The van der Waals surface area contributed by atoms with E-state index in [1.54, 1.807) is 0 Å². The molecule has 0 aliphatic carbocycles. The summed E-state index contributed by atoms with van der Waals surface area (Å²) in [7, 11) is 0. The summed E-state index contributed by atoms with van der Waals surface area (Å²) in [5.41, 5.74) is -1.60. The van der Waals surface area contributed by atoms with Gasteiger partial charge in [-0.25, -0.2) is 0 Å². The molecule has 3 heterocycles. The minimum absolute atomic E-state index is 0.115. The van der Waals surface area contributed by atoms with Crippen LogP contribution in [0.5, 0.6) is 28.7 Å². The van der Waals surface area contributed by atoms with E-state index >= 15 is 0 Å². The van der Waals surface area contributed by atoms with Crippen LogP contribution in [0.2, 0.25) is 0 Å². The highest BCUT2D eigenvalue weighted by molar-refractivity contribution is 5.88. The van der Waals surface area contributed by atoms with Crippen LogP contribution < -0.4 is 10.2 Å². The molecule has 2 aliphatic heterocycles. The zero-order valence-electron chi connectivity index (χ0n) is 33.5. The zero-order chi connectivity index (χ0) is 45.0. The third-order valence-corrected chi connectivity index (χ3v) is 8.94. The molecular formula is C39H42O22. The van der Waals surface area contributed by atoms with Crippen molar-refractivity contribution in [3.8, 4) is 40.1 Å². The highest BCUT2D eigenvalue weighted by Crippen LogP contribution is 2.40. The molecule has 22 heteroatoms. The molecule has 330 valence electrons. The van der Waals surface area contributed by atoms with E-state index < -0.39 is 149 Å². The smallest absolute Gasteiger partial charge is 0.303 e. The number of phenolic OH excluding ortho intramolecular Hbond substituents is 4. The molecule has 4 N–H and O–H groups in total. The molecular weight excluding hydrogens is 820 g/mol. The number of rotatable bonds is 12. The third kappa shape index (κ3) is 10.6. The lowest BCUT2D eigenvalue weighted by molar-refractivity contribution is -0.323. The maximum atomic E-state index is 14.2. The van der Waals surface area contributed by atoms with Crippen molar-refractivity contribution < 1.29 is 101 Å². The number of carbonyl (C=O) groups is 6. The maximum Gasteiger partial charge on any atom is 0.303 e. The Labute approximate surface area is 344 Å². The first-order valence-electron chi connectivity index (χ1n) is 18.3. The van der Waals surface area contributed by atoms with Gasteiger partial charge in [0, 0.05) is 59.2 Å². The fourth-order valence-electron chi connectivity index (χ4n) is 6.72. The van der Waals surface area contributed by atoms with Crippen LogP contribution in [0.15, 0.2) is 39.5 Å². The van der Waals surface area contributed by atoms with Gasteiger partial charge >= 0.3 is 35.8 Å². The number of hydrogen-bond acceptors (Lipinski definition) is 22. The van der Waals surface area contributed by atoms with Gasteiger partial charge in [0.05, 0.1) is 12.7 Å². The van der Waals surface area contributed by atoms with Crippen molar-refractivity contribution in [2.24, 2.45) is 0 Å². The number of fused-ring (bicyclic) bond motifs is 1. The second kappa shape index (κ2) is 18.7. The summed E-state index contributed by atoms with van der Waals surface area (Å²) in [6.07, 6.45) is -16.2. The Bertz CT molecular complexity index is 2250. The summed E-state index contributed by atoms with van der Waals surface area (Å²) in [6, 6.07) is 5.06. The summed E-state index contributed by atoms with van der Waals surface area (Å²) >= 11 is 0. The molecule has 3 aromatic rings. The first kappa shape index (κ1) is 45.4. The first-order chi connectivity index (χ1) is 28.6. The minimum Gasteiger partial charge on any atom is -0.508 e. The van der Waals surface area contributed by atoms with Gasteiger partial charge in [-0.05, 0) is 25.1 Å². The lowest BCUT2D eigenvalue weighted by atomic mass is 9.97. The van der Waals surface area contributed by atoms with Crippen LogP contribution in [0.4, 0.5) is 0 Å². The highest BCUT2D eigenvalue weighted by Gasteiger charge is 2.55. The number of esters is 6. The van der Waals surface area contributed by atoms with Gasteiger partial charge < -0.3 is 72.2 Å². The van der Waals surface area contributed by atoms with Gasteiger partial charge in [-0.3, -0.25) is 33.6 Å². The molecule has 0 saturated carbocycles. The molecule has 2 aromatic carbocycles. The van der Waals surface area contributed by atoms with Crippen LogP contribution in [0, 0.1) is 0 Å². The SMILES string of the molecule is CC(=O)OC1[C@H](Oc2c(-c3ccc(O)c(O)c3)oc3cc(O)cc(O)c3c2=O)O[C@H](CO[C@H]2OC(C)C(OC(C)=O)[C@@H](OC(C)=O)[C@H]2OC(C)=O)C(OC(C)=O)[C@@H]1OC(C)=O. The molecule has 1 aromatic heterocycles. The molecule has 0 radical (unpaired) electrons. The molecule has 5 rings (SSSR count). The van der Waals surface area contributed by atoms with E-state index in [2.05, 4.69) is 0 Å². The minimum atomic E-state index is -2.03. The maximum absolute atomic E-state index is 14.2. The van der Waals surface area contributed by atoms with E-state index in [9.17, 15) is 54.0 Å². The second-order valence-electron chi connectivity index (χ2n) is 13.8. The lowest BCUT2D eigenvalue weighted by Crippen LogP contribution is -2.65. The Kier molecular flexibility index (Phi) is 14.0. The molecule has 4 unspecified atom stereocenters. The van der Waals surface area contributed by atoms with E-state index in [1.807, 2.05) is 0 Å². The van der Waals surface area contributed by atoms with Gasteiger partial charge in [0.25, 0.3) is 0 Å². The van der Waals surface area contributed by atoms with Crippen molar-refractivity contribution in [2.45, 2.75) is 110 Å². The van der Waals surface area contributed by atoms with Crippen LogP contribution in [0.1, 0.15) is 48.5 Å². The molecule has 0 spiro atoms. The summed E-state index contributed by atoms with van der Waals surface area (Å²) in [4.78, 5) is 88.5. The quantitative estimate of drug-likeness (QED) is 0.114. The Hall–Kier alpha value is -6.65. The molecule has 22 nitrogen and oxygen atoms in total. The molecule has 0 amide bonds. The number of aromatic hydroxyl groups is 4. The third-order valence-electron chi connectivity index (χ3n) is 8.94. The standard InChI is InChI=1S/C39H42O22/c1-14-30(53-15(2)40)34(55-17(4)42)36(57-19(6)44)38(52-14)51-13-27-32(54-16(3)41)35(56-18(5)43)37(58-20(7)45)39(60-27)61-33-29(50)28-25(49)11-22(46)12-26(28)59-31(33)21-8-9-23(47)24(48)10-21/h8-12,14,27,30,32,34-39,46-49H,13H2,1-7H3/t14?,27-,30?,32?,34-,35+,36-,37?,38+,39+/m1/s1. The Morgan fingerprint density at radius 2 is 1.10 bits per heavy atom. The van der Waals surface area contributed by atoms with Crippen molar-refractivity contribution in [3.63, 3.8) is 0 Å². The van der Waals surface area contributed by atoms with Crippen molar-refractivity contribution in [1.29, 1.82) is 0 Å². The van der Waals surface area contributed by atoms with E-state index in [0.29, 0.717) is 0 Å².